The Hall–Kier alpha value is -4.00. The van der Waals surface area contributed by atoms with Gasteiger partial charge in [0.15, 0.2) is 5.69 Å². The minimum atomic E-state index is -0.468. The number of carbonyl (C=O) groups is 2. The molecule has 0 unspecified atom stereocenters. The van der Waals surface area contributed by atoms with Crippen LogP contribution in [0.3, 0.4) is 0 Å². The van der Waals surface area contributed by atoms with Crippen molar-refractivity contribution in [3.63, 3.8) is 0 Å². The molecule has 0 aliphatic heterocycles. The number of hydrogen-bond donors (Lipinski definition) is 1. The van der Waals surface area contributed by atoms with Gasteiger partial charge < -0.3 is 10.1 Å². The zero-order valence-electron chi connectivity index (χ0n) is 16.4. The van der Waals surface area contributed by atoms with Crippen LogP contribution in [0.15, 0.2) is 73.1 Å². The molecule has 2 aromatic carbocycles. The first-order valence-electron chi connectivity index (χ1n) is 9.60. The fourth-order valence-electron chi connectivity index (χ4n) is 3.20. The van der Waals surface area contributed by atoms with Gasteiger partial charge in [0.25, 0.3) is 0 Å². The number of nitrogens with zero attached hydrogens (tertiary/aromatic N) is 3. The molecule has 7 nitrogen and oxygen atoms in total. The second kappa shape index (κ2) is 8.57. The van der Waals surface area contributed by atoms with Gasteiger partial charge in [-0.1, -0.05) is 30.3 Å². The second-order valence-electron chi connectivity index (χ2n) is 6.63. The summed E-state index contributed by atoms with van der Waals surface area (Å²) in [6.07, 6.45) is 3.62. The maximum atomic E-state index is 12.6. The number of aromatic nitrogens is 3. The van der Waals surface area contributed by atoms with Crippen LogP contribution < -0.4 is 5.32 Å². The third-order valence-electron chi connectivity index (χ3n) is 4.54. The number of ether oxygens (including phenoxy) is 1. The Labute approximate surface area is 173 Å². The molecule has 1 amide bonds. The molecule has 0 bridgehead atoms. The summed E-state index contributed by atoms with van der Waals surface area (Å²) in [5, 5.41) is 8.16. The Balaban J connectivity index is 1.49. The summed E-state index contributed by atoms with van der Waals surface area (Å²) in [6.45, 7) is 2.04. The number of amides is 1. The summed E-state index contributed by atoms with van der Waals surface area (Å²) in [4.78, 5) is 28.8. The molecule has 0 saturated heterocycles. The minimum Gasteiger partial charge on any atom is -0.461 e. The lowest BCUT2D eigenvalue weighted by molar-refractivity contribution is -0.115. The van der Waals surface area contributed by atoms with Gasteiger partial charge in [-0.15, -0.1) is 0 Å². The molecule has 30 heavy (non-hydrogen) atoms. The predicted molar refractivity (Wildman–Crippen MR) is 114 cm³/mol. The van der Waals surface area contributed by atoms with Crippen molar-refractivity contribution in [1.29, 1.82) is 0 Å². The molecule has 2 aromatic heterocycles. The van der Waals surface area contributed by atoms with Gasteiger partial charge in [0.1, 0.15) is 0 Å². The van der Waals surface area contributed by atoms with E-state index >= 15 is 0 Å². The zero-order valence-corrected chi connectivity index (χ0v) is 16.4. The van der Waals surface area contributed by atoms with Crippen molar-refractivity contribution in [2.45, 2.75) is 13.3 Å². The number of fused-ring (bicyclic) bond motifs is 1. The van der Waals surface area contributed by atoms with E-state index in [0.717, 1.165) is 22.2 Å². The van der Waals surface area contributed by atoms with Crippen molar-refractivity contribution in [1.82, 2.24) is 14.8 Å². The van der Waals surface area contributed by atoms with Gasteiger partial charge in [0.05, 0.1) is 24.2 Å². The molecule has 0 saturated carbocycles. The highest BCUT2D eigenvalue weighted by molar-refractivity contribution is 5.95. The highest BCUT2D eigenvalue weighted by atomic mass is 16.5. The highest BCUT2D eigenvalue weighted by Gasteiger charge is 2.12. The van der Waals surface area contributed by atoms with Gasteiger partial charge in [-0.05, 0) is 42.8 Å². The summed E-state index contributed by atoms with van der Waals surface area (Å²) < 4.78 is 6.53. The maximum Gasteiger partial charge on any atom is 0.358 e. The van der Waals surface area contributed by atoms with Gasteiger partial charge in [0.2, 0.25) is 5.91 Å². The first-order chi connectivity index (χ1) is 14.6. The van der Waals surface area contributed by atoms with E-state index in [-0.39, 0.29) is 18.0 Å². The van der Waals surface area contributed by atoms with E-state index in [1.165, 1.54) is 0 Å². The number of pyridine rings is 1. The van der Waals surface area contributed by atoms with Crippen molar-refractivity contribution in [2.24, 2.45) is 0 Å². The largest absolute Gasteiger partial charge is 0.461 e. The molecule has 0 spiro atoms. The molecule has 0 fully saturated rings. The zero-order chi connectivity index (χ0) is 20.9. The van der Waals surface area contributed by atoms with Gasteiger partial charge >= 0.3 is 5.97 Å². The Kier molecular flexibility index (Phi) is 5.52. The number of rotatable bonds is 6. The lowest BCUT2D eigenvalue weighted by Gasteiger charge is -2.09. The lowest BCUT2D eigenvalue weighted by Crippen LogP contribution is -2.15. The van der Waals surface area contributed by atoms with Crippen molar-refractivity contribution in [2.75, 3.05) is 11.9 Å². The van der Waals surface area contributed by atoms with Crippen LogP contribution in [0.1, 0.15) is 23.0 Å². The van der Waals surface area contributed by atoms with E-state index in [1.807, 2.05) is 42.5 Å². The molecule has 150 valence electrons. The SMILES string of the molecule is CCOC(=O)c1ccn(-c2cccc(NC(=O)Cc3cccc4cccnc34)c2)n1. The van der Waals surface area contributed by atoms with Crippen molar-refractivity contribution in [3.05, 3.63) is 84.3 Å². The number of anilines is 1. The third kappa shape index (κ3) is 4.20. The number of benzene rings is 2. The molecule has 0 radical (unpaired) electrons. The smallest absolute Gasteiger partial charge is 0.358 e. The fourth-order valence-corrected chi connectivity index (χ4v) is 3.20. The Morgan fingerprint density at radius 1 is 1.07 bits per heavy atom. The van der Waals surface area contributed by atoms with Crippen LogP contribution in [0.2, 0.25) is 0 Å². The molecule has 1 N–H and O–H groups in total. The van der Waals surface area contributed by atoms with Crippen LogP contribution in [0, 0.1) is 0 Å². The van der Waals surface area contributed by atoms with Gasteiger partial charge in [0, 0.05) is 23.5 Å². The molecule has 0 aliphatic rings. The molecule has 0 aliphatic carbocycles. The average Bonchev–Trinajstić information content (AvgIpc) is 3.25. The standard InChI is InChI=1S/C23H20N4O3/c1-2-30-23(29)20-11-13-27(26-20)19-10-4-9-18(15-19)25-21(28)14-17-7-3-6-16-8-5-12-24-22(16)17/h3-13,15H,2,14H2,1H3,(H,25,28). The number of nitrogens with one attached hydrogen (secondary N) is 1. The van der Waals surface area contributed by atoms with Crippen molar-refractivity contribution < 1.29 is 14.3 Å². The van der Waals surface area contributed by atoms with E-state index in [0.29, 0.717) is 12.3 Å². The summed E-state index contributed by atoms with van der Waals surface area (Å²) >= 11 is 0. The first kappa shape index (κ1) is 19.3. The Morgan fingerprint density at radius 2 is 1.90 bits per heavy atom. The number of para-hydroxylation sites is 1. The summed E-state index contributed by atoms with van der Waals surface area (Å²) in [7, 11) is 0. The van der Waals surface area contributed by atoms with Gasteiger partial charge in [-0.2, -0.15) is 5.10 Å². The molecule has 4 rings (SSSR count). The van der Waals surface area contributed by atoms with E-state index in [9.17, 15) is 9.59 Å². The van der Waals surface area contributed by atoms with Crippen LogP contribution >= 0.6 is 0 Å². The van der Waals surface area contributed by atoms with E-state index in [4.69, 9.17) is 4.74 Å². The topological polar surface area (TPSA) is 86.1 Å². The summed E-state index contributed by atoms with van der Waals surface area (Å²) in [6, 6.07) is 18.5. The van der Waals surface area contributed by atoms with Crippen LogP contribution in [0.25, 0.3) is 16.6 Å². The third-order valence-corrected chi connectivity index (χ3v) is 4.54. The minimum absolute atomic E-state index is 0.141. The molecular formula is C23H20N4O3. The van der Waals surface area contributed by atoms with Gasteiger partial charge in [-0.25, -0.2) is 9.48 Å². The van der Waals surface area contributed by atoms with Crippen LogP contribution in [-0.2, 0) is 16.0 Å². The van der Waals surface area contributed by atoms with Crippen LogP contribution in [0.5, 0.6) is 0 Å². The van der Waals surface area contributed by atoms with E-state index in [2.05, 4.69) is 15.4 Å². The first-order valence-corrected chi connectivity index (χ1v) is 9.60. The van der Waals surface area contributed by atoms with E-state index in [1.54, 1.807) is 42.2 Å². The molecule has 2 heterocycles. The second-order valence-corrected chi connectivity index (χ2v) is 6.63. The molecule has 0 atom stereocenters. The van der Waals surface area contributed by atoms with E-state index < -0.39 is 5.97 Å². The molecular weight excluding hydrogens is 380 g/mol. The van der Waals surface area contributed by atoms with Crippen LogP contribution in [-0.4, -0.2) is 33.2 Å². The maximum absolute atomic E-state index is 12.6. The normalized spacial score (nSPS) is 10.7. The molecule has 7 heteroatoms. The molecule has 4 aromatic rings. The summed E-state index contributed by atoms with van der Waals surface area (Å²) in [5.74, 6) is -0.609. The Morgan fingerprint density at radius 3 is 2.77 bits per heavy atom. The van der Waals surface area contributed by atoms with Gasteiger partial charge in [-0.3, -0.25) is 9.78 Å². The average molecular weight is 400 g/mol. The number of hydrogen-bond acceptors (Lipinski definition) is 5. The predicted octanol–water partition coefficient (Wildman–Crippen LogP) is 3.78. The number of esters is 1. The summed E-state index contributed by atoms with van der Waals surface area (Å²) in [5.41, 5.74) is 3.28. The fraction of sp³-hybridized carbons (Fsp3) is 0.130. The Bertz CT molecular complexity index is 1210. The van der Waals surface area contributed by atoms with Crippen molar-refractivity contribution in [3.8, 4) is 5.69 Å². The van der Waals surface area contributed by atoms with Crippen molar-refractivity contribution >= 4 is 28.5 Å². The monoisotopic (exact) mass is 400 g/mol. The van der Waals surface area contributed by atoms with Crippen LogP contribution in [0.4, 0.5) is 5.69 Å². The highest BCUT2D eigenvalue weighted by Crippen LogP contribution is 2.18. The number of carbonyl (C=O) groups excluding carboxylic acids is 2. The lowest BCUT2D eigenvalue weighted by atomic mass is 10.1. The quantitative estimate of drug-likeness (QED) is 0.498.